The van der Waals surface area contributed by atoms with Crippen molar-refractivity contribution in [2.75, 3.05) is 19.6 Å². The minimum absolute atomic E-state index is 0.585. The number of rotatable bonds is 2. The minimum Gasteiger partial charge on any atom is -0.312 e. The molecule has 1 fully saturated rings. The van der Waals surface area contributed by atoms with Gasteiger partial charge < -0.3 is 5.32 Å². The molecule has 5 heteroatoms. The molecule has 1 aliphatic rings. The van der Waals surface area contributed by atoms with Gasteiger partial charge in [0, 0.05) is 39.3 Å². The van der Waals surface area contributed by atoms with Gasteiger partial charge in [-0.15, -0.1) is 0 Å². The molecular formula is C11H19BrN4. The largest absolute Gasteiger partial charge is 0.312 e. The quantitative estimate of drug-likeness (QED) is 0.889. The Hall–Kier alpha value is -0.390. The molecule has 2 heterocycles. The second-order valence-electron chi connectivity index (χ2n) is 4.56. The standard InChI is InChI=1S/C11H19BrN4/c1-8-6-16(5-4-13-8)7-10-11(12)9(2)14-15(10)3/h8,13H,4-7H2,1-3H3/t8-/m1/s1. The van der Waals surface area contributed by atoms with Crippen LogP contribution in [0.5, 0.6) is 0 Å². The zero-order valence-electron chi connectivity index (χ0n) is 10.1. The van der Waals surface area contributed by atoms with E-state index in [-0.39, 0.29) is 0 Å². The average molecular weight is 287 g/mol. The first-order valence-electron chi connectivity index (χ1n) is 5.71. The molecular weight excluding hydrogens is 268 g/mol. The Morgan fingerprint density at radius 3 is 2.88 bits per heavy atom. The van der Waals surface area contributed by atoms with Crippen LogP contribution in [-0.4, -0.2) is 40.4 Å². The molecule has 0 spiro atoms. The van der Waals surface area contributed by atoms with Crippen molar-refractivity contribution in [3.63, 3.8) is 0 Å². The van der Waals surface area contributed by atoms with E-state index in [2.05, 4.69) is 38.2 Å². The summed E-state index contributed by atoms with van der Waals surface area (Å²) in [4.78, 5) is 2.47. The van der Waals surface area contributed by atoms with Crippen molar-refractivity contribution in [2.45, 2.75) is 26.4 Å². The zero-order chi connectivity index (χ0) is 11.7. The third-order valence-electron chi connectivity index (χ3n) is 3.09. The molecule has 1 aromatic heterocycles. The molecule has 0 bridgehead atoms. The molecule has 0 saturated carbocycles. The van der Waals surface area contributed by atoms with Crippen LogP contribution in [0.4, 0.5) is 0 Å². The van der Waals surface area contributed by atoms with Crippen molar-refractivity contribution in [2.24, 2.45) is 7.05 Å². The fourth-order valence-corrected chi connectivity index (χ4v) is 2.68. The topological polar surface area (TPSA) is 33.1 Å². The van der Waals surface area contributed by atoms with E-state index >= 15 is 0 Å². The van der Waals surface area contributed by atoms with Gasteiger partial charge in [-0.2, -0.15) is 5.10 Å². The van der Waals surface area contributed by atoms with Crippen LogP contribution in [0.1, 0.15) is 18.3 Å². The summed E-state index contributed by atoms with van der Waals surface area (Å²) in [6.07, 6.45) is 0. The Balaban J connectivity index is 2.08. The maximum absolute atomic E-state index is 4.42. The summed E-state index contributed by atoms with van der Waals surface area (Å²) in [6, 6.07) is 0.585. The number of nitrogens with one attached hydrogen (secondary N) is 1. The van der Waals surface area contributed by atoms with Gasteiger partial charge >= 0.3 is 0 Å². The normalized spacial score (nSPS) is 22.6. The van der Waals surface area contributed by atoms with Crippen molar-refractivity contribution >= 4 is 15.9 Å². The summed E-state index contributed by atoms with van der Waals surface area (Å²) in [5, 5.41) is 7.88. The first kappa shape index (κ1) is 12.1. The van der Waals surface area contributed by atoms with Gasteiger partial charge in [0.1, 0.15) is 0 Å². The van der Waals surface area contributed by atoms with Crippen LogP contribution >= 0.6 is 15.9 Å². The van der Waals surface area contributed by atoms with E-state index in [1.165, 1.54) is 5.69 Å². The summed E-state index contributed by atoms with van der Waals surface area (Å²) >= 11 is 3.62. The van der Waals surface area contributed by atoms with E-state index in [0.29, 0.717) is 6.04 Å². The SMILES string of the molecule is Cc1nn(C)c(CN2CCN[C@H](C)C2)c1Br. The van der Waals surface area contributed by atoms with Crippen LogP contribution < -0.4 is 5.32 Å². The molecule has 1 aliphatic heterocycles. The van der Waals surface area contributed by atoms with Gasteiger partial charge in [0.05, 0.1) is 15.9 Å². The smallest absolute Gasteiger partial charge is 0.0739 e. The molecule has 4 nitrogen and oxygen atoms in total. The van der Waals surface area contributed by atoms with Crippen LogP contribution in [0.15, 0.2) is 4.47 Å². The third-order valence-corrected chi connectivity index (χ3v) is 4.12. The van der Waals surface area contributed by atoms with Crippen LogP contribution in [0.2, 0.25) is 0 Å². The second kappa shape index (κ2) is 4.85. The molecule has 1 aromatic rings. The van der Waals surface area contributed by atoms with E-state index in [9.17, 15) is 0 Å². The lowest BCUT2D eigenvalue weighted by molar-refractivity contribution is 0.195. The van der Waals surface area contributed by atoms with Crippen molar-refractivity contribution in [3.8, 4) is 0 Å². The number of aromatic nitrogens is 2. The van der Waals surface area contributed by atoms with Gasteiger partial charge in [-0.3, -0.25) is 9.58 Å². The lowest BCUT2D eigenvalue weighted by Gasteiger charge is -2.31. The van der Waals surface area contributed by atoms with Crippen LogP contribution in [-0.2, 0) is 13.6 Å². The Morgan fingerprint density at radius 1 is 1.56 bits per heavy atom. The Kier molecular flexibility index (Phi) is 3.66. The second-order valence-corrected chi connectivity index (χ2v) is 5.35. The summed E-state index contributed by atoms with van der Waals surface area (Å²) in [5.74, 6) is 0. The first-order valence-corrected chi connectivity index (χ1v) is 6.51. The predicted molar refractivity (Wildman–Crippen MR) is 68.4 cm³/mol. The molecule has 16 heavy (non-hydrogen) atoms. The lowest BCUT2D eigenvalue weighted by atomic mass is 10.2. The van der Waals surface area contributed by atoms with Crippen LogP contribution in [0.25, 0.3) is 0 Å². The number of hydrogen-bond donors (Lipinski definition) is 1. The zero-order valence-corrected chi connectivity index (χ0v) is 11.7. The Morgan fingerprint density at radius 2 is 2.31 bits per heavy atom. The van der Waals surface area contributed by atoms with Gasteiger partial charge in [-0.25, -0.2) is 0 Å². The van der Waals surface area contributed by atoms with Crippen molar-refractivity contribution in [1.82, 2.24) is 20.0 Å². The van der Waals surface area contributed by atoms with Crippen LogP contribution in [0, 0.1) is 6.92 Å². The molecule has 0 radical (unpaired) electrons. The summed E-state index contributed by atoms with van der Waals surface area (Å²) in [6.45, 7) is 8.54. The fourth-order valence-electron chi connectivity index (χ4n) is 2.22. The molecule has 90 valence electrons. The number of hydrogen-bond acceptors (Lipinski definition) is 3. The van der Waals surface area contributed by atoms with E-state index < -0.39 is 0 Å². The van der Waals surface area contributed by atoms with E-state index in [1.807, 2.05) is 18.7 Å². The summed E-state index contributed by atoms with van der Waals surface area (Å²) < 4.78 is 3.13. The van der Waals surface area contributed by atoms with Gasteiger partial charge in [0.25, 0.3) is 0 Å². The predicted octanol–water partition coefficient (Wildman–Crippen LogP) is 1.28. The molecule has 1 saturated heterocycles. The average Bonchev–Trinajstić information content (AvgIpc) is 2.45. The first-order chi connectivity index (χ1) is 7.58. The highest BCUT2D eigenvalue weighted by Gasteiger charge is 2.19. The lowest BCUT2D eigenvalue weighted by Crippen LogP contribution is -2.48. The highest BCUT2D eigenvalue weighted by Crippen LogP contribution is 2.21. The van der Waals surface area contributed by atoms with E-state index in [0.717, 1.165) is 36.3 Å². The van der Waals surface area contributed by atoms with Crippen molar-refractivity contribution in [1.29, 1.82) is 0 Å². The number of piperazine rings is 1. The van der Waals surface area contributed by atoms with Gasteiger partial charge in [-0.05, 0) is 29.8 Å². The van der Waals surface area contributed by atoms with Crippen molar-refractivity contribution in [3.05, 3.63) is 15.9 Å². The molecule has 0 aromatic carbocycles. The Bertz CT molecular complexity index is 374. The maximum atomic E-state index is 4.42. The summed E-state index contributed by atoms with van der Waals surface area (Å²) in [7, 11) is 2.01. The third kappa shape index (κ3) is 2.47. The number of halogens is 1. The highest BCUT2D eigenvalue weighted by molar-refractivity contribution is 9.10. The molecule has 1 atom stereocenters. The molecule has 1 N–H and O–H groups in total. The van der Waals surface area contributed by atoms with Crippen molar-refractivity contribution < 1.29 is 0 Å². The molecule has 2 rings (SSSR count). The summed E-state index contributed by atoms with van der Waals surface area (Å²) in [5.41, 5.74) is 2.34. The van der Waals surface area contributed by atoms with Crippen LogP contribution in [0.3, 0.4) is 0 Å². The Labute approximate surface area is 105 Å². The molecule has 0 aliphatic carbocycles. The molecule has 0 unspecified atom stereocenters. The van der Waals surface area contributed by atoms with Gasteiger partial charge in [0.15, 0.2) is 0 Å². The molecule has 0 amide bonds. The maximum Gasteiger partial charge on any atom is 0.0739 e. The number of nitrogens with zero attached hydrogens (tertiary/aromatic N) is 3. The highest BCUT2D eigenvalue weighted by atomic mass is 79.9. The fraction of sp³-hybridized carbons (Fsp3) is 0.727. The van der Waals surface area contributed by atoms with Gasteiger partial charge in [-0.1, -0.05) is 0 Å². The van der Waals surface area contributed by atoms with E-state index in [1.54, 1.807) is 0 Å². The minimum atomic E-state index is 0.585. The number of aryl methyl sites for hydroxylation is 2. The monoisotopic (exact) mass is 286 g/mol. The van der Waals surface area contributed by atoms with E-state index in [4.69, 9.17) is 0 Å². The van der Waals surface area contributed by atoms with Gasteiger partial charge in [0.2, 0.25) is 0 Å².